The molecule has 11 heteroatoms. The van der Waals surface area contributed by atoms with Crippen molar-refractivity contribution in [3.8, 4) is 0 Å². The lowest BCUT2D eigenvalue weighted by atomic mass is 10.0. The highest BCUT2D eigenvalue weighted by Gasteiger charge is 2.35. The molecule has 2 amide bonds. The maximum absolute atomic E-state index is 13.2. The van der Waals surface area contributed by atoms with E-state index in [1.807, 2.05) is 38.1 Å². The van der Waals surface area contributed by atoms with E-state index >= 15 is 0 Å². The molecule has 1 aromatic carbocycles. The van der Waals surface area contributed by atoms with Crippen molar-refractivity contribution in [1.82, 2.24) is 19.9 Å². The average Bonchev–Trinajstić information content (AvgIpc) is 3.21. The molecule has 36 heavy (non-hydrogen) atoms. The first kappa shape index (κ1) is 25.9. The first-order valence-electron chi connectivity index (χ1n) is 11.7. The topological polar surface area (TPSA) is 126 Å². The summed E-state index contributed by atoms with van der Waals surface area (Å²) in [6.07, 6.45) is 2.07. The van der Waals surface area contributed by atoms with Gasteiger partial charge < -0.3 is 10.6 Å². The van der Waals surface area contributed by atoms with Crippen LogP contribution in [0.2, 0.25) is 0 Å². The van der Waals surface area contributed by atoms with E-state index in [0.29, 0.717) is 18.4 Å². The van der Waals surface area contributed by atoms with Gasteiger partial charge >= 0.3 is 0 Å². The number of nitrogens with zero attached hydrogens (tertiary/aromatic N) is 2. The average molecular weight is 529 g/mol. The first-order chi connectivity index (χ1) is 17.2. The molecule has 0 saturated carbocycles. The number of hydrogen-bond donors (Lipinski definition) is 2. The summed E-state index contributed by atoms with van der Waals surface area (Å²) in [7, 11) is -3.93. The number of carbonyl (C=O) groups is 3. The molecule has 2 unspecified atom stereocenters. The number of hydrogen-bond acceptors (Lipinski definition) is 7. The number of thiophene rings is 1. The van der Waals surface area contributed by atoms with Crippen molar-refractivity contribution >= 4 is 49.0 Å². The zero-order chi connectivity index (χ0) is 25.9. The van der Waals surface area contributed by atoms with Crippen LogP contribution in [0.25, 0.3) is 10.1 Å². The molecule has 2 aromatic heterocycles. The third kappa shape index (κ3) is 5.48. The minimum absolute atomic E-state index is 0.121. The highest BCUT2D eigenvalue weighted by atomic mass is 32.2. The normalized spacial score (nSPS) is 18.1. The van der Waals surface area contributed by atoms with Gasteiger partial charge in [0.1, 0.15) is 6.04 Å². The Bertz CT molecular complexity index is 1370. The lowest BCUT2D eigenvalue weighted by Gasteiger charge is -2.24. The molecular formula is C25H28N4O5S2. The third-order valence-corrected chi connectivity index (χ3v) is 8.87. The van der Waals surface area contributed by atoms with Crippen LogP contribution in [0.15, 0.2) is 59.1 Å². The Hall–Kier alpha value is -3.15. The van der Waals surface area contributed by atoms with Crippen molar-refractivity contribution < 1.29 is 22.8 Å². The number of benzene rings is 1. The molecule has 0 bridgehead atoms. The monoisotopic (exact) mass is 528 g/mol. The van der Waals surface area contributed by atoms with E-state index in [-0.39, 0.29) is 29.9 Å². The predicted octanol–water partition coefficient (Wildman–Crippen LogP) is 2.59. The summed E-state index contributed by atoms with van der Waals surface area (Å²) in [5.74, 6) is -1.47. The molecule has 0 aliphatic carbocycles. The number of rotatable bonds is 7. The number of Topliss-reactive ketones (excluding diaryl/α,β-unsaturated/α-hetero) is 1. The second-order valence-electron chi connectivity index (χ2n) is 9.02. The Morgan fingerprint density at radius 2 is 1.89 bits per heavy atom. The third-order valence-electron chi connectivity index (χ3n) is 6.14. The van der Waals surface area contributed by atoms with Gasteiger partial charge in [0.25, 0.3) is 15.9 Å². The van der Waals surface area contributed by atoms with Crippen molar-refractivity contribution in [1.29, 1.82) is 0 Å². The number of nitrogens with one attached hydrogen (secondary N) is 2. The molecule has 1 fully saturated rings. The van der Waals surface area contributed by atoms with E-state index in [1.54, 1.807) is 17.5 Å². The summed E-state index contributed by atoms with van der Waals surface area (Å²) in [6.45, 7) is 3.41. The van der Waals surface area contributed by atoms with Crippen LogP contribution in [-0.4, -0.2) is 60.5 Å². The summed E-state index contributed by atoms with van der Waals surface area (Å²) in [5.41, 5.74) is 0.495. The van der Waals surface area contributed by atoms with E-state index in [2.05, 4.69) is 15.6 Å². The number of ketones is 1. The molecule has 3 heterocycles. The highest BCUT2D eigenvalue weighted by molar-refractivity contribution is 7.89. The second kappa shape index (κ2) is 10.9. The van der Waals surface area contributed by atoms with Gasteiger partial charge in [-0.3, -0.25) is 14.4 Å². The molecule has 0 radical (unpaired) electrons. The van der Waals surface area contributed by atoms with Crippen LogP contribution >= 0.6 is 11.3 Å². The molecule has 3 aromatic rings. The van der Waals surface area contributed by atoms with Crippen molar-refractivity contribution in [2.45, 2.75) is 43.8 Å². The van der Waals surface area contributed by atoms with Crippen LogP contribution in [0, 0.1) is 5.92 Å². The highest BCUT2D eigenvalue weighted by Crippen LogP contribution is 2.26. The molecule has 2 N–H and O–H groups in total. The minimum Gasteiger partial charge on any atom is -0.344 e. The number of fused-ring (bicyclic) bond motifs is 1. The Balaban J connectivity index is 1.44. The number of carbonyl (C=O) groups excluding carboxylic acids is 3. The number of aromatic nitrogens is 1. The smallest absolute Gasteiger partial charge is 0.260 e. The fourth-order valence-corrected chi connectivity index (χ4v) is 6.47. The maximum Gasteiger partial charge on any atom is 0.260 e. The van der Waals surface area contributed by atoms with Gasteiger partial charge in [0.2, 0.25) is 5.91 Å². The van der Waals surface area contributed by atoms with E-state index in [9.17, 15) is 22.8 Å². The Morgan fingerprint density at radius 1 is 1.14 bits per heavy atom. The fraction of sp³-hybridized carbons (Fsp3) is 0.360. The number of sulfonamides is 1. The van der Waals surface area contributed by atoms with E-state index in [0.717, 1.165) is 14.4 Å². The van der Waals surface area contributed by atoms with Crippen molar-refractivity contribution in [2.75, 3.05) is 13.1 Å². The van der Waals surface area contributed by atoms with Crippen LogP contribution in [0.5, 0.6) is 0 Å². The molecule has 4 rings (SSSR count). The molecule has 1 aliphatic rings. The number of pyridine rings is 1. The van der Waals surface area contributed by atoms with E-state index in [1.165, 1.54) is 23.6 Å². The number of amides is 2. The summed E-state index contributed by atoms with van der Waals surface area (Å²) in [6, 6.07) is 10.4. The first-order valence-corrected chi connectivity index (χ1v) is 14.0. The van der Waals surface area contributed by atoms with Crippen molar-refractivity contribution in [3.05, 3.63) is 59.6 Å². The van der Waals surface area contributed by atoms with Gasteiger partial charge in [0.05, 0.1) is 18.2 Å². The Labute approximate surface area is 214 Å². The second-order valence-corrected chi connectivity index (χ2v) is 11.8. The van der Waals surface area contributed by atoms with E-state index in [4.69, 9.17) is 0 Å². The Morgan fingerprint density at radius 3 is 2.61 bits per heavy atom. The van der Waals surface area contributed by atoms with Crippen LogP contribution in [0.1, 0.15) is 37.0 Å². The molecule has 2 atom stereocenters. The quantitative estimate of drug-likeness (QED) is 0.486. The SMILES string of the molecule is CC(C)C(NC(=O)c1csc2ccccc12)C(=O)NC1CCCN(S(=O)(=O)c2ccccn2)CC1=O. The maximum atomic E-state index is 13.2. The lowest BCUT2D eigenvalue weighted by molar-refractivity contribution is -0.129. The Kier molecular flexibility index (Phi) is 7.82. The largest absolute Gasteiger partial charge is 0.344 e. The van der Waals surface area contributed by atoms with Crippen LogP contribution in [-0.2, 0) is 19.6 Å². The van der Waals surface area contributed by atoms with Gasteiger partial charge in [-0.2, -0.15) is 4.31 Å². The predicted molar refractivity (Wildman–Crippen MR) is 137 cm³/mol. The van der Waals surface area contributed by atoms with Gasteiger partial charge in [-0.05, 0) is 37.0 Å². The standard InChI is InChI=1S/C25H28N4O5S2/c1-16(2)23(28-24(31)18-15-35-21-10-4-3-8-17(18)21)25(32)27-19-9-7-13-29(14-20(19)30)36(33,34)22-11-5-6-12-26-22/h3-6,8,10-12,15-16,19,23H,7,9,13-14H2,1-2H3,(H,27,32)(H,28,31). The summed E-state index contributed by atoms with van der Waals surface area (Å²) >= 11 is 1.45. The van der Waals surface area contributed by atoms with Gasteiger partial charge in [-0.1, -0.05) is 38.1 Å². The lowest BCUT2D eigenvalue weighted by Crippen LogP contribution is -2.54. The fourth-order valence-electron chi connectivity index (χ4n) is 4.15. The molecular weight excluding hydrogens is 500 g/mol. The molecule has 9 nitrogen and oxygen atoms in total. The van der Waals surface area contributed by atoms with Gasteiger partial charge in [0.15, 0.2) is 10.8 Å². The minimum atomic E-state index is -3.93. The van der Waals surface area contributed by atoms with Crippen LogP contribution < -0.4 is 10.6 Å². The van der Waals surface area contributed by atoms with E-state index < -0.39 is 33.8 Å². The summed E-state index contributed by atoms with van der Waals surface area (Å²) in [5, 5.41) is 8.03. The van der Waals surface area contributed by atoms with Gasteiger partial charge in [0, 0.05) is 28.2 Å². The molecule has 1 saturated heterocycles. The molecule has 190 valence electrons. The molecule has 1 aliphatic heterocycles. The van der Waals surface area contributed by atoms with Gasteiger partial charge in [-0.25, -0.2) is 13.4 Å². The molecule has 0 spiro atoms. The zero-order valence-corrected chi connectivity index (χ0v) is 21.6. The summed E-state index contributed by atoms with van der Waals surface area (Å²) in [4.78, 5) is 43.0. The van der Waals surface area contributed by atoms with Crippen LogP contribution in [0.4, 0.5) is 0 Å². The zero-order valence-electron chi connectivity index (χ0n) is 20.0. The van der Waals surface area contributed by atoms with Crippen molar-refractivity contribution in [3.63, 3.8) is 0 Å². The van der Waals surface area contributed by atoms with Crippen molar-refractivity contribution in [2.24, 2.45) is 5.92 Å². The van der Waals surface area contributed by atoms with Gasteiger partial charge in [-0.15, -0.1) is 11.3 Å². The summed E-state index contributed by atoms with van der Waals surface area (Å²) < 4.78 is 27.9. The van der Waals surface area contributed by atoms with Crippen LogP contribution in [0.3, 0.4) is 0 Å².